The average Bonchev–Trinajstić information content (AvgIpc) is 3.29. The molecule has 3 heterocycles. The van der Waals surface area contributed by atoms with Gasteiger partial charge in [0.1, 0.15) is 22.7 Å². The summed E-state index contributed by atoms with van der Waals surface area (Å²) in [5.74, 6) is 1.39. The average molecular weight is 355 g/mol. The Morgan fingerprint density at radius 1 is 1.07 bits per heavy atom. The van der Waals surface area contributed by atoms with Crippen LogP contribution < -0.4 is 5.73 Å². The molecule has 0 amide bonds. The molecule has 2 aromatic heterocycles. The number of hydrogen-bond donors (Lipinski definition) is 2. The highest BCUT2D eigenvalue weighted by atomic mass is 15.2. The third kappa shape index (κ3) is 2.72. The summed E-state index contributed by atoms with van der Waals surface area (Å²) in [6.07, 6.45) is 2.23. The lowest BCUT2D eigenvalue weighted by molar-refractivity contribution is 0.378. The Morgan fingerprint density at radius 3 is 2.70 bits per heavy atom. The van der Waals surface area contributed by atoms with Crippen molar-refractivity contribution in [3.63, 3.8) is 0 Å². The molecule has 1 fully saturated rings. The van der Waals surface area contributed by atoms with E-state index in [9.17, 15) is 0 Å². The largest absolute Gasteiger partial charge is 0.382 e. The molecule has 0 atom stereocenters. The summed E-state index contributed by atoms with van der Waals surface area (Å²) in [6.45, 7) is 5.90. The minimum atomic E-state index is 0.488. The number of aromatic amines is 1. The van der Waals surface area contributed by atoms with Gasteiger partial charge in [-0.05, 0) is 36.1 Å². The van der Waals surface area contributed by atoms with Gasteiger partial charge >= 0.3 is 0 Å². The van der Waals surface area contributed by atoms with E-state index >= 15 is 0 Å². The van der Waals surface area contributed by atoms with Gasteiger partial charge < -0.3 is 15.6 Å². The van der Waals surface area contributed by atoms with Crippen molar-refractivity contribution in [3.8, 4) is 11.1 Å². The van der Waals surface area contributed by atoms with Crippen LogP contribution >= 0.6 is 0 Å². The van der Waals surface area contributed by atoms with E-state index in [1.165, 1.54) is 5.70 Å². The normalized spacial score (nSPS) is 14.5. The molecule has 1 aliphatic heterocycles. The SMILES string of the molecule is C=C1CCCN1Cc1nc2c([nH]1)c(N)nc1cc(-c3ccccc3)ccc12. The van der Waals surface area contributed by atoms with E-state index in [1.807, 2.05) is 18.2 Å². The zero-order valence-electron chi connectivity index (χ0n) is 15.1. The van der Waals surface area contributed by atoms with Gasteiger partial charge in [-0.2, -0.15) is 0 Å². The number of nitrogens with zero attached hydrogens (tertiary/aromatic N) is 3. The van der Waals surface area contributed by atoms with Crippen molar-refractivity contribution < 1.29 is 0 Å². The van der Waals surface area contributed by atoms with Crippen molar-refractivity contribution in [1.29, 1.82) is 0 Å². The molecular formula is C22H21N5. The van der Waals surface area contributed by atoms with Gasteiger partial charge in [0.25, 0.3) is 0 Å². The monoisotopic (exact) mass is 355 g/mol. The summed E-state index contributed by atoms with van der Waals surface area (Å²) in [6, 6.07) is 16.6. The molecule has 27 heavy (non-hydrogen) atoms. The standard InChI is InChI=1S/C22H21N5/c1-14-6-5-11-27(14)13-19-25-20-17-10-9-16(15-7-3-2-4-8-15)12-18(17)24-22(23)21(20)26-19/h2-4,7-10,12H,1,5-6,11,13H2,(H2,23,24)(H,25,26). The Kier molecular flexibility index (Phi) is 3.60. The van der Waals surface area contributed by atoms with Crippen molar-refractivity contribution in [2.75, 3.05) is 12.3 Å². The zero-order valence-corrected chi connectivity index (χ0v) is 15.1. The van der Waals surface area contributed by atoms with E-state index in [1.54, 1.807) is 0 Å². The molecular weight excluding hydrogens is 334 g/mol. The van der Waals surface area contributed by atoms with Crippen molar-refractivity contribution in [1.82, 2.24) is 19.9 Å². The van der Waals surface area contributed by atoms with Crippen molar-refractivity contribution in [3.05, 3.63) is 66.6 Å². The number of nitrogens with one attached hydrogen (secondary N) is 1. The molecule has 2 aromatic carbocycles. The number of nitrogen functional groups attached to an aromatic ring is 1. The molecule has 0 radical (unpaired) electrons. The predicted molar refractivity (Wildman–Crippen MR) is 110 cm³/mol. The molecule has 5 heteroatoms. The molecule has 3 N–H and O–H groups in total. The lowest BCUT2D eigenvalue weighted by Crippen LogP contribution is -2.17. The summed E-state index contributed by atoms with van der Waals surface area (Å²) in [5, 5.41) is 1.02. The Balaban J connectivity index is 1.60. The molecule has 0 spiro atoms. The molecule has 0 aliphatic carbocycles. The highest BCUT2D eigenvalue weighted by Gasteiger charge is 2.18. The number of pyridine rings is 1. The second-order valence-corrected chi connectivity index (χ2v) is 7.09. The van der Waals surface area contributed by atoms with Gasteiger partial charge in [-0.3, -0.25) is 0 Å². The van der Waals surface area contributed by atoms with Crippen LogP contribution in [0.4, 0.5) is 5.82 Å². The molecule has 1 aliphatic rings. The van der Waals surface area contributed by atoms with Crippen molar-refractivity contribution >= 4 is 27.8 Å². The maximum absolute atomic E-state index is 6.25. The second-order valence-electron chi connectivity index (χ2n) is 7.09. The van der Waals surface area contributed by atoms with Gasteiger partial charge in [-0.25, -0.2) is 9.97 Å². The summed E-state index contributed by atoms with van der Waals surface area (Å²) in [4.78, 5) is 15.1. The van der Waals surface area contributed by atoms with Gasteiger partial charge in [0.2, 0.25) is 0 Å². The van der Waals surface area contributed by atoms with Crippen LogP contribution in [0.2, 0.25) is 0 Å². The number of H-pyrrole nitrogens is 1. The van der Waals surface area contributed by atoms with Gasteiger partial charge in [0.15, 0.2) is 0 Å². The van der Waals surface area contributed by atoms with E-state index in [0.29, 0.717) is 5.82 Å². The van der Waals surface area contributed by atoms with Gasteiger partial charge in [0.05, 0.1) is 12.1 Å². The lowest BCUT2D eigenvalue weighted by atomic mass is 10.0. The van der Waals surface area contributed by atoms with Crippen LogP contribution in [0.15, 0.2) is 60.8 Å². The van der Waals surface area contributed by atoms with Crippen LogP contribution in [-0.2, 0) is 6.54 Å². The molecule has 0 bridgehead atoms. The number of benzene rings is 2. The predicted octanol–water partition coefficient (Wildman–Crippen LogP) is 4.47. The number of rotatable bonds is 3. The third-order valence-electron chi connectivity index (χ3n) is 5.29. The van der Waals surface area contributed by atoms with E-state index in [0.717, 1.165) is 64.8 Å². The van der Waals surface area contributed by atoms with E-state index in [-0.39, 0.29) is 0 Å². The van der Waals surface area contributed by atoms with Crippen LogP contribution in [0.25, 0.3) is 33.1 Å². The molecule has 1 saturated heterocycles. The number of fused-ring (bicyclic) bond motifs is 3. The first-order chi connectivity index (χ1) is 13.2. The van der Waals surface area contributed by atoms with Crippen molar-refractivity contribution in [2.24, 2.45) is 0 Å². The number of hydrogen-bond acceptors (Lipinski definition) is 4. The topological polar surface area (TPSA) is 70.8 Å². The lowest BCUT2D eigenvalue weighted by Gasteiger charge is -2.16. The fraction of sp³-hybridized carbons (Fsp3) is 0.182. The number of nitrogens with two attached hydrogens (primary N) is 1. The fourth-order valence-corrected chi connectivity index (χ4v) is 3.86. The Labute approximate surface area is 157 Å². The molecule has 134 valence electrons. The molecule has 0 unspecified atom stereocenters. The van der Waals surface area contributed by atoms with E-state index in [2.05, 4.69) is 51.8 Å². The van der Waals surface area contributed by atoms with Crippen LogP contribution in [0.5, 0.6) is 0 Å². The summed E-state index contributed by atoms with van der Waals surface area (Å²) in [5.41, 5.74) is 12.3. The molecule has 5 rings (SSSR count). The molecule has 0 saturated carbocycles. The first-order valence-electron chi connectivity index (χ1n) is 9.25. The maximum Gasteiger partial charge on any atom is 0.150 e. The highest BCUT2D eigenvalue weighted by Crippen LogP contribution is 2.30. The van der Waals surface area contributed by atoms with E-state index in [4.69, 9.17) is 10.7 Å². The fourth-order valence-electron chi connectivity index (χ4n) is 3.86. The number of anilines is 1. The second kappa shape index (κ2) is 6.13. The number of imidazole rings is 1. The maximum atomic E-state index is 6.25. The van der Waals surface area contributed by atoms with Crippen LogP contribution in [-0.4, -0.2) is 26.4 Å². The number of aromatic nitrogens is 3. The van der Waals surface area contributed by atoms with Crippen molar-refractivity contribution in [2.45, 2.75) is 19.4 Å². The van der Waals surface area contributed by atoms with Gasteiger partial charge in [0, 0.05) is 17.6 Å². The number of allylic oxidation sites excluding steroid dienone is 1. The summed E-state index contributed by atoms with van der Waals surface area (Å²) >= 11 is 0. The Bertz CT molecular complexity index is 1160. The van der Waals surface area contributed by atoms with Crippen LogP contribution in [0.3, 0.4) is 0 Å². The van der Waals surface area contributed by atoms with Gasteiger partial charge in [-0.1, -0.05) is 43.0 Å². The van der Waals surface area contributed by atoms with Crippen LogP contribution in [0.1, 0.15) is 18.7 Å². The summed E-state index contributed by atoms with van der Waals surface area (Å²) in [7, 11) is 0. The third-order valence-corrected chi connectivity index (χ3v) is 5.29. The molecule has 4 aromatic rings. The first-order valence-corrected chi connectivity index (χ1v) is 9.25. The Hall–Kier alpha value is -3.34. The number of likely N-dealkylation sites (tertiary alicyclic amines) is 1. The minimum Gasteiger partial charge on any atom is -0.382 e. The smallest absolute Gasteiger partial charge is 0.150 e. The summed E-state index contributed by atoms with van der Waals surface area (Å²) < 4.78 is 0. The molecule has 5 nitrogen and oxygen atoms in total. The Morgan fingerprint density at radius 2 is 1.93 bits per heavy atom. The highest BCUT2D eigenvalue weighted by molar-refractivity contribution is 6.07. The quantitative estimate of drug-likeness (QED) is 0.569. The van der Waals surface area contributed by atoms with Gasteiger partial charge in [-0.15, -0.1) is 0 Å². The van der Waals surface area contributed by atoms with E-state index < -0.39 is 0 Å². The zero-order chi connectivity index (χ0) is 18.4. The first kappa shape index (κ1) is 15.9. The minimum absolute atomic E-state index is 0.488. The van der Waals surface area contributed by atoms with Crippen LogP contribution in [0, 0.1) is 0 Å².